The molecule has 2 heterocycles. The Bertz CT molecular complexity index is 687. The van der Waals surface area contributed by atoms with E-state index >= 15 is 0 Å². The van der Waals surface area contributed by atoms with E-state index in [2.05, 4.69) is 34.1 Å². The Morgan fingerprint density at radius 1 is 1.42 bits per heavy atom. The fourth-order valence-corrected chi connectivity index (χ4v) is 3.95. The van der Waals surface area contributed by atoms with Gasteiger partial charge in [-0.3, -0.25) is 4.90 Å². The Morgan fingerprint density at radius 2 is 2.21 bits per heavy atom. The normalized spacial score (nSPS) is 18.5. The highest BCUT2D eigenvalue weighted by atomic mass is 32.1. The number of carbonyl (C=O) groups excluding carboxylic acids is 1. The second kappa shape index (κ2) is 7.88. The number of morpholine rings is 1. The minimum atomic E-state index is -0.312. The second-order valence-electron chi connectivity index (χ2n) is 5.75. The van der Waals surface area contributed by atoms with Crippen molar-refractivity contribution in [3.05, 3.63) is 51.5 Å². The molecule has 5 nitrogen and oxygen atoms in total. The highest BCUT2D eigenvalue weighted by molar-refractivity contribution is 7.13. The number of carbonyl (C=O) groups is 1. The predicted octanol–water partition coefficient (Wildman–Crippen LogP) is 3.07. The molecule has 0 N–H and O–H groups in total. The first-order chi connectivity index (χ1) is 11.7. The summed E-state index contributed by atoms with van der Waals surface area (Å²) in [5.41, 5.74) is 2.09. The summed E-state index contributed by atoms with van der Waals surface area (Å²) in [6.07, 6.45) is 0.623. The molecule has 6 heteroatoms. The summed E-state index contributed by atoms with van der Waals surface area (Å²) in [5, 5.41) is 0.866. The van der Waals surface area contributed by atoms with Gasteiger partial charge in [0.05, 0.1) is 19.4 Å². The molecule has 0 unspecified atom stereocenters. The van der Waals surface area contributed by atoms with E-state index in [1.807, 2.05) is 13.0 Å². The molecule has 1 aliphatic heterocycles. The number of esters is 1. The lowest BCUT2D eigenvalue weighted by Gasteiger charge is -2.32. The molecule has 1 aromatic heterocycles. The molecule has 0 saturated carbocycles. The molecule has 24 heavy (non-hydrogen) atoms. The largest absolute Gasteiger partial charge is 0.465 e. The molecular weight excluding hydrogens is 324 g/mol. The van der Waals surface area contributed by atoms with Gasteiger partial charge in [0.25, 0.3) is 0 Å². The fourth-order valence-electron chi connectivity index (χ4n) is 2.84. The van der Waals surface area contributed by atoms with Gasteiger partial charge in [-0.25, -0.2) is 9.78 Å². The van der Waals surface area contributed by atoms with Crippen molar-refractivity contribution in [1.29, 1.82) is 0 Å². The molecule has 1 atom stereocenters. The van der Waals surface area contributed by atoms with Crippen LogP contribution in [0.3, 0.4) is 0 Å². The number of methoxy groups -OCH3 is 1. The number of aromatic nitrogens is 1. The molecule has 1 aromatic carbocycles. The number of benzene rings is 1. The van der Waals surface area contributed by atoms with E-state index in [1.54, 1.807) is 0 Å². The molecule has 0 radical (unpaired) electrons. The maximum Gasteiger partial charge on any atom is 0.349 e. The van der Waals surface area contributed by atoms with Gasteiger partial charge < -0.3 is 9.47 Å². The van der Waals surface area contributed by atoms with Crippen LogP contribution in [0.2, 0.25) is 0 Å². The van der Waals surface area contributed by atoms with Crippen LogP contribution in [0.4, 0.5) is 0 Å². The third kappa shape index (κ3) is 3.83. The average Bonchev–Trinajstić information content (AvgIpc) is 3.06. The topological polar surface area (TPSA) is 51.7 Å². The van der Waals surface area contributed by atoms with Gasteiger partial charge >= 0.3 is 5.97 Å². The first kappa shape index (κ1) is 17.1. The summed E-state index contributed by atoms with van der Waals surface area (Å²) in [4.78, 5) is 19.5. The number of thiazole rings is 1. The number of ether oxygens (including phenoxy) is 2. The molecule has 0 bridgehead atoms. The van der Waals surface area contributed by atoms with Crippen molar-refractivity contribution in [2.75, 3.05) is 26.8 Å². The van der Waals surface area contributed by atoms with Crippen LogP contribution in [0.15, 0.2) is 30.3 Å². The molecule has 1 fully saturated rings. The summed E-state index contributed by atoms with van der Waals surface area (Å²) < 4.78 is 10.8. The van der Waals surface area contributed by atoms with Crippen molar-refractivity contribution in [3.63, 3.8) is 0 Å². The van der Waals surface area contributed by atoms with Crippen LogP contribution in [-0.4, -0.2) is 42.7 Å². The van der Waals surface area contributed by atoms with Crippen molar-refractivity contribution >= 4 is 17.3 Å². The monoisotopic (exact) mass is 346 g/mol. The average molecular weight is 346 g/mol. The highest BCUT2D eigenvalue weighted by Gasteiger charge is 2.27. The molecule has 0 aliphatic carbocycles. The van der Waals surface area contributed by atoms with E-state index in [1.165, 1.54) is 24.0 Å². The molecular formula is C18H22N2O3S. The lowest BCUT2D eigenvalue weighted by Crippen LogP contribution is -2.37. The van der Waals surface area contributed by atoms with Crippen molar-refractivity contribution in [3.8, 4) is 0 Å². The third-order valence-corrected chi connectivity index (χ3v) is 5.26. The number of hydrogen-bond donors (Lipinski definition) is 0. The second-order valence-corrected chi connectivity index (χ2v) is 6.78. The summed E-state index contributed by atoms with van der Waals surface area (Å²) in [6.45, 7) is 5.25. The van der Waals surface area contributed by atoms with Crippen LogP contribution in [0, 0.1) is 0 Å². The first-order valence-electron chi connectivity index (χ1n) is 8.17. The van der Waals surface area contributed by atoms with Gasteiger partial charge in [0, 0.05) is 19.6 Å². The smallest absolute Gasteiger partial charge is 0.349 e. The van der Waals surface area contributed by atoms with Gasteiger partial charge in [0.1, 0.15) is 16.0 Å². The Labute approximate surface area is 146 Å². The molecule has 2 aromatic rings. The third-order valence-electron chi connectivity index (χ3n) is 4.09. The van der Waals surface area contributed by atoms with Crippen LogP contribution < -0.4 is 0 Å². The summed E-state index contributed by atoms with van der Waals surface area (Å²) >= 11 is 1.39. The van der Waals surface area contributed by atoms with E-state index in [0.717, 1.165) is 30.3 Å². The maximum absolute atomic E-state index is 11.9. The fraction of sp³-hybridized carbons (Fsp3) is 0.444. The molecule has 1 saturated heterocycles. The minimum Gasteiger partial charge on any atom is -0.465 e. The zero-order valence-electron chi connectivity index (χ0n) is 14.0. The van der Waals surface area contributed by atoms with Crippen LogP contribution in [-0.2, 0) is 22.4 Å². The number of aryl methyl sites for hydroxylation is 1. The van der Waals surface area contributed by atoms with E-state index < -0.39 is 0 Å². The molecule has 128 valence electrons. The highest BCUT2D eigenvalue weighted by Crippen LogP contribution is 2.30. The van der Waals surface area contributed by atoms with Crippen molar-refractivity contribution in [2.45, 2.75) is 26.0 Å². The SMILES string of the molecule is CCc1nc([C@H]2CN(Cc3ccccc3)CCO2)sc1C(=O)OC. The Hall–Kier alpha value is -1.76. The minimum absolute atomic E-state index is 0.0869. The number of nitrogens with zero attached hydrogens (tertiary/aromatic N) is 2. The molecule has 0 amide bonds. The zero-order chi connectivity index (χ0) is 16.9. The zero-order valence-corrected chi connectivity index (χ0v) is 14.8. The van der Waals surface area contributed by atoms with Crippen molar-refractivity contribution in [1.82, 2.24) is 9.88 Å². The Kier molecular flexibility index (Phi) is 5.60. The number of hydrogen-bond acceptors (Lipinski definition) is 6. The summed E-state index contributed by atoms with van der Waals surface area (Å²) in [7, 11) is 1.40. The Morgan fingerprint density at radius 3 is 2.92 bits per heavy atom. The van der Waals surface area contributed by atoms with E-state index in [9.17, 15) is 4.79 Å². The van der Waals surface area contributed by atoms with Crippen LogP contribution in [0.1, 0.15) is 39.0 Å². The lowest BCUT2D eigenvalue weighted by atomic mass is 10.2. The molecule has 1 aliphatic rings. The van der Waals surface area contributed by atoms with Gasteiger partial charge in [-0.15, -0.1) is 11.3 Å². The molecule has 3 rings (SSSR count). The predicted molar refractivity (Wildman–Crippen MR) is 93.2 cm³/mol. The van der Waals surface area contributed by atoms with Gasteiger partial charge in [-0.1, -0.05) is 37.3 Å². The molecule has 0 spiro atoms. The van der Waals surface area contributed by atoms with Crippen molar-refractivity contribution in [2.24, 2.45) is 0 Å². The summed E-state index contributed by atoms with van der Waals surface area (Å²) in [6, 6.07) is 10.4. The Balaban J connectivity index is 1.72. The quantitative estimate of drug-likeness (QED) is 0.779. The van der Waals surface area contributed by atoms with Gasteiger partial charge in [0.15, 0.2) is 0 Å². The summed E-state index contributed by atoms with van der Waals surface area (Å²) in [5.74, 6) is -0.312. The first-order valence-corrected chi connectivity index (χ1v) is 8.98. The van der Waals surface area contributed by atoms with Crippen molar-refractivity contribution < 1.29 is 14.3 Å². The van der Waals surface area contributed by atoms with Crippen LogP contribution in [0.5, 0.6) is 0 Å². The van der Waals surface area contributed by atoms with Gasteiger partial charge in [-0.05, 0) is 12.0 Å². The van der Waals surface area contributed by atoms with Gasteiger partial charge in [-0.2, -0.15) is 0 Å². The van der Waals surface area contributed by atoms with E-state index in [4.69, 9.17) is 9.47 Å². The van der Waals surface area contributed by atoms with Crippen LogP contribution in [0.25, 0.3) is 0 Å². The lowest BCUT2D eigenvalue weighted by molar-refractivity contribution is -0.0330. The maximum atomic E-state index is 11.9. The standard InChI is InChI=1S/C18H22N2O3S/c1-3-14-16(18(21)22-2)24-17(19-14)15-12-20(9-10-23-15)11-13-7-5-4-6-8-13/h4-8,15H,3,9-12H2,1-2H3/t15-/m1/s1. The van der Waals surface area contributed by atoms with Crippen LogP contribution >= 0.6 is 11.3 Å². The number of rotatable bonds is 5. The van der Waals surface area contributed by atoms with E-state index in [-0.39, 0.29) is 12.1 Å². The van der Waals surface area contributed by atoms with Gasteiger partial charge in [0.2, 0.25) is 0 Å². The van der Waals surface area contributed by atoms with E-state index in [0.29, 0.717) is 17.9 Å².